The zero-order valence-corrected chi connectivity index (χ0v) is 11.9. The van der Waals surface area contributed by atoms with E-state index in [0.29, 0.717) is 5.95 Å². The highest BCUT2D eigenvalue weighted by atomic mass is 16.3. The maximum absolute atomic E-state index is 10.8. The Morgan fingerprint density at radius 1 is 0.773 bits per heavy atom. The number of aliphatic hydroxyl groups excluding tert-OH is 1. The molecule has 0 fully saturated rings. The lowest BCUT2D eigenvalue weighted by molar-refractivity contribution is 0.154. The van der Waals surface area contributed by atoms with Gasteiger partial charge in [-0.05, 0) is 11.1 Å². The first-order valence-electron chi connectivity index (χ1n) is 7.01. The second-order valence-corrected chi connectivity index (χ2v) is 4.85. The van der Waals surface area contributed by atoms with Gasteiger partial charge in [0.25, 0.3) is 0 Å². The van der Waals surface area contributed by atoms with Crippen LogP contribution in [0.15, 0.2) is 73.3 Å². The molecule has 2 N–H and O–H groups in total. The van der Waals surface area contributed by atoms with Crippen LogP contribution in [0.25, 0.3) is 0 Å². The number of aliphatic hydroxyl groups is 1. The molecule has 22 heavy (non-hydrogen) atoms. The molecule has 110 valence electrons. The molecule has 3 aromatic rings. The van der Waals surface area contributed by atoms with Gasteiger partial charge in [-0.25, -0.2) is 15.0 Å². The molecule has 0 spiro atoms. The molecule has 0 radical (unpaired) electrons. The van der Waals surface area contributed by atoms with Crippen LogP contribution in [0.3, 0.4) is 0 Å². The number of hydrogen-bond donors (Lipinski definition) is 2. The molecule has 0 unspecified atom stereocenters. The quantitative estimate of drug-likeness (QED) is 0.756. The van der Waals surface area contributed by atoms with Crippen molar-refractivity contribution in [2.24, 2.45) is 0 Å². The summed E-state index contributed by atoms with van der Waals surface area (Å²) in [4.78, 5) is 12.0. The monoisotopic (exact) mass is 292 g/mol. The molecule has 1 aromatic heterocycles. The summed E-state index contributed by atoms with van der Waals surface area (Å²) < 4.78 is 0. The molecule has 1 heterocycles. The molecular formula is C17H16N4O. The summed E-state index contributed by atoms with van der Waals surface area (Å²) in [6, 6.07) is 18.9. The summed E-state index contributed by atoms with van der Waals surface area (Å²) in [5, 5.41) is 13.9. The molecular weight excluding hydrogens is 276 g/mol. The predicted molar refractivity (Wildman–Crippen MR) is 84.0 cm³/mol. The van der Waals surface area contributed by atoms with Crippen molar-refractivity contribution >= 4 is 5.95 Å². The highest BCUT2D eigenvalue weighted by Crippen LogP contribution is 2.30. The van der Waals surface area contributed by atoms with E-state index >= 15 is 0 Å². The van der Waals surface area contributed by atoms with Crippen LogP contribution in [-0.4, -0.2) is 20.1 Å². The zero-order chi connectivity index (χ0) is 15.2. The zero-order valence-electron chi connectivity index (χ0n) is 11.9. The van der Waals surface area contributed by atoms with Crippen LogP contribution < -0.4 is 5.32 Å². The molecule has 0 bridgehead atoms. The van der Waals surface area contributed by atoms with Crippen LogP contribution in [-0.2, 0) is 0 Å². The Bertz CT molecular complexity index is 692. The third kappa shape index (κ3) is 3.27. The molecule has 0 amide bonds. The number of benzene rings is 2. The van der Waals surface area contributed by atoms with E-state index in [2.05, 4.69) is 20.3 Å². The van der Waals surface area contributed by atoms with Crippen LogP contribution in [0, 0.1) is 0 Å². The average molecular weight is 292 g/mol. The molecule has 0 aliphatic carbocycles. The minimum Gasteiger partial charge on any atom is -0.386 e. The summed E-state index contributed by atoms with van der Waals surface area (Å²) in [6.45, 7) is 0. The summed E-state index contributed by atoms with van der Waals surface area (Å²) in [6.07, 6.45) is 2.12. The van der Waals surface area contributed by atoms with E-state index in [4.69, 9.17) is 0 Å². The van der Waals surface area contributed by atoms with Crippen LogP contribution in [0.5, 0.6) is 0 Å². The number of nitrogens with zero attached hydrogens (tertiary/aromatic N) is 3. The van der Waals surface area contributed by atoms with E-state index in [1.54, 1.807) is 0 Å². The molecule has 0 aliphatic rings. The van der Waals surface area contributed by atoms with Gasteiger partial charge in [-0.2, -0.15) is 0 Å². The predicted octanol–water partition coefficient (Wildman–Crippen LogP) is 2.76. The first kappa shape index (κ1) is 14.2. The Morgan fingerprint density at radius 2 is 1.32 bits per heavy atom. The van der Waals surface area contributed by atoms with E-state index in [1.807, 2.05) is 60.7 Å². The van der Waals surface area contributed by atoms with E-state index in [1.165, 1.54) is 12.7 Å². The summed E-state index contributed by atoms with van der Waals surface area (Å²) in [7, 11) is 0. The van der Waals surface area contributed by atoms with Gasteiger partial charge < -0.3 is 10.4 Å². The van der Waals surface area contributed by atoms with Gasteiger partial charge in [-0.15, -0.1) is 0 Å². The van der Waals surface area contributed by atoms with Crippen molar-refractivity contribution in [1.29, 1.82) is 0 Å². The Labute approximate surface area is 128 Å². The molecule has 5 heteroatoms. The number of rotatable bonds is 5. The lowest BCUT2D eigenvalue weighted by Gasteiger charge is -2.25. The molecule has 5 nitrogen and oxygen atoms in total. The van der Waals surface area contributed by atoms with Gasteiger partial charge in [-0.1, -0.05) is 60.7 Å². The van der Waals surface area contributed by atoms with E-state index in [9.17, 15) is 5.11 Å². The second-order valence-electron chi connectivity index (χ2n) is 4.85. The van der Waals surface area contributed by atoms with Gasteiger partial charge >= 0.3 is 0 Å². The highest BCUT2D eigenvalue weighted by molar-refractivity contribution is 5.34. The lowest BCUT2D eigenvalue weighted by atomic mass is 9.96. The Balaban J connectivity index is 1.93. The Morgan fingerprint density at radius 3 is 1.91 bits per heavy atom. The fourth-order valence-electron chi connectivity index (χ4n) is 2.30. The molecule has 0 saturated heterocycles. The Hall–Kier alpha value is -2.79. The van der Waals surface area contributed by atoms with Crippen LogP contribution in [0.1, 0.15) is 23.3 Å². The fraction of sp³-hybridized carbons (Fsp3) is 0.118. The van der Waals surface area contributed by atoms with Gasteiger partial charge in [0.2, 0.25) is 5.95 Å². The van der Waals surface area contributed by atoms with Gasteiger partial charge in [0.05, 0.1) is 6.04 Å². The molecule has 0 saturated carbocycles. The van der Waals surface area contributed by atoms with Crippen molar-refractivity contribution in [2.45, 2.75) is 12.1 Å². The normalized spacial score (nSPS) is 13.3. The smallest absolute Gasteiger partial charge is 0.226 e. The third-order valence-electron chi connectivity index (χ3n) is 3.39. The summed E-state index contributed by atoms with van der Waals surface area (Å²) in [5.41, 5.74) is 1.79. The number of hydrogen-bond acceptors (Lipinski definition) is 5. The summed E-state index contributed by atoms with van der Waals surface area (Å²) >= 11 is 0. The Kier molecular flexibility index (Phi) is 4.36. The van der Waals surface area contributed by atoms with Crippen molar-refractivity contribution < 1.29 is 5.11 Å². The minimum atomic E-state index is -0.722. The van der Waals surface area contributed by atoms with E-state index in [-0.39, 0.29) is 6.04 Å². The van der Waals surface area contributed by atoms with E-state index in [0.717, 1.165) is 11.1 Å². The molecule has 2 atom stereocenters. The number of nitrogens with one attached hydrogen (secondary N) is 1. The molecule has 2 aromatic carbocycles. The van der Waals surface area contributed by atoms with Crippen molar-refractivity contribution in [2.75, 3.05) is 5.32 Å². The topological polar surface area (TPSA) is 70.9 Å². The first-order valence-corrected chi connectivity index (χ1v) is 7.01. The van der Waals surface area contributed by atoms with Crippen LogP contribution in [0.4, 0.5) is 5.95 Å². The average Bonchev–Trinajstić information content (AvgIpc) is 2.61. The largest absolute Gasteiger partial charge is 0.386 e. The van der Waals surface area contributed by atoms with Crippen LogP contribution in [0.2, 0.25) is 0 Å². The third-order valence-corrected chi connectivity index (χ3v) is 3.39. The van der Waals surface area contributed by atoms with Gasteiger partial charge in [0, 0.05) is 0 Å². The second kappa shape index (κ2) is 6.78. The van der Waals surface area contributed by atoms with Crippen molar-refractivity contribution in [1.82, 2.24) is 15.0 Å². The maximum Gasteiger partial charge on any atom is 0.226 e. The SMILES string of the molecule is O[C@@H](c1ccccc1)[C@@H](Nc1ncncn1)c1ccccc1. The van der Waals surface area contributed by atoms with Crippen LogP contribution >= 0.6 is 0 Å². The van der Waals surface area contributed by atoms with Crippen molar-refractivity contribution in [3.8, 4) is 0 Å². The fourth-order valence-corrected chi connectivity index (χ4v) is 2.30. The maximum atomic E-state index is 10.8. The number of aromatic nitrogens is 3. The molecule has 0 aliphatic heterocycles. The van der Waals surface area contributed by atoms with Gasteiger partial charge in [-0.3, -0.25) is 0 Å². The standard InChI is InChI=1S/C17H16N4O/c22-16(14-9-5-2-6-10-14)15(13-7-3-1-4-8-13)21-17-19-11-18-12-20-17/h1-12,15-16,22H,(H,18,19,20,21)/t15-,16-/m0/s1. The number of anilines is 1. The summed E-state index contributed by atoms with van der Waals surface area (Å²) in [5.74, 6) is 0.429. The van der Waals surface area contributed by atoms with Crippen molar-refractivity contribution in [3.05, 3.63) is 84.4 Å². The highest BCUT2D eigenvalue weighted by Gasteiger charge is 2.23. The van der Waals surface area contributed by atoms with Crippen molar-refractivity contribution in [3.63, 3.8) is 0 Å². The van der Waals surface area contributed by atoms with Gasteiger partial charge in [0.15, 0.2) is 0 Å². The molecule has 3 rings (SSSR count). The minimum absolute atomic E-state index is 0.356. The lowest BCUT2D eigenvalue weighted by Crippen LogP contribution is -2.20. The van der Waals surface area contributed by atoms with E-state index < -0.39 is 6.10 Å². The van der Waals surface area contributed by atoms with Gasteiger partial charge in [0.1, 0.15) is 18.8 Å². The first-order chi connectivity index (χ1) is 10.8.